The number of rotatable bonds is 3. The van der Waals surface area contributed by atoms with Gasteiger partial charge in [0.15, 0.2) is 0 Å². The van der Waals surface area contributed by atoms with E-state index in [0.29, 0.717) is 12.5 Å². The van der Waals surface area contributed by atoms with Crippen LogP contribution in [0.15, 0.2) is 24.3 Å². The van der Waals surface area contributed by atoms with Crippen LogP contribution >= 0.6 is 11.3 Å². The van der Waals surface area contributed by atoms with Gasteiger partial charge in [-0.1, -0.05) is 30.7 Å². The Morgan fingerprint density at radius 2 is 2.12 bits per heavy atom. The zero-order valence-corrected chi connectivity index (χ0v) is 11.3. The molecule has 2 rings (SSSR count). The van der Waals surface area contributed by atoms with E-state index >= 15 is 0 Å². The van der Waals surface area contributed by atoms with Crippen LogP contribution in [0.25, 0.3) is 10.6 Å². The van der Waals surface area contributed by atoms with Gasteiger partial charge in [-0.15, -0.1) is 11.3 Å². The number of nitrogens with zero attached hydrogens (tertiary/aromatic N) is 1. The van der Waals surface area contributed by atoms with Gasteiger partial charge < -0.3 is 5.73 Å². The van der Waals surface area contributed by atoms with Crippen LogP contribution in [0.5, 0.6) is 0 Å². The van der Waals surface area contributed by atoms with Gasteiger partial charge in [0.05, 0.1) is 5.69 Å². The summed E-state index contributed by atoms with van der Waals surface area (Å²) in [5, 5.41) is 1.10. The van der Waals surface area contributed by atoms with E-state index in [9.17, 15) is 0 Å². The normalized spacial score (nSPS) is 12.7. The molecule has 1 unspecified atom stereocenters. The van der Waals surface area contributed by atoms with E-state index in [1.165, 1.54) is 16.0 Å². The van der Waals surface area contributed by atoms with Crippen LogP contribution in [0, 0.1) is 13.8 Å². The van der Waals surface area contributed by atoms with Crippen molar-refractivity contribution in [3.63, 3.8) is 0 Å². The second-order valence-corrected chi connectivity index (χ2v) is 5.51. The molecule has 0 aliphatic carbocycles. The Labute approximate surface area is 107 Å². The van der Waals surface area contributed by atoms with Gasteiger partial charge >= 0.3 is 0 Å². The molecule has 0 radical (unpaired) electrons. The summed E-state index contributed by atoms with van der Waals surface area (Å²) in [6, 6.07) is 8.47. The van der Waals surface area contributed by atoms with E-state index in [1.54, 1.807) is 11.3 Å². The van der Waals surface area contributed by atoms with E-state index in [1.807, 2.05) is 0 Å². The average Bonchev–Trinajstić information content (AvgIpc) is 2.70. The third-order valence-electron chi connectivity index (χ3n) is 2.90. The monoisotopic (exact) mass is 246 g/mol. The second kappa shape index (κ2) is 4.98. The molecule has 0 saturated heterocycles. The van der Waals surface area contributed by atoms with E-state index < -0.39 is 0 Å². The molecule has 0 bridgehead atoms. The highest BCUT2D eigenvalue weighted by atomic mass is 32.1. The van der Waals surface area contributed by atoms with E-state index in [4.69, 9.17) is 5.73 Å². The van der Waals surface area contributed by atoms with E-state index in [0.717, 1.165) is 10.7 Å². The van der Waals surface area contributed by atoms with Crippen molar-refractivity contribution in [1.29, 1.82) is 0 Å². The predicted molar refractivity (Wildman–Crippen MR) is 74.5 cm³/mol. The van der Waals surface area contributed by atoms with Crippen LogP contribution in [-0.4, -0.2) is 11.5 Å². The molecule has 0 aliphatic rings. The van der Waals surface area contributed by atoms with Crippen molar-refractivity contribution in [2.75, 3.05) is 6.54 Å². The molecule has 2 N–H and O–H groups in total. The maximum atomic E-state index is 5.72. The van der Waals surface area contributed by atoms with Crippen molar-refractivity contribution in [3.05, 3.63) is 40.4 Å². The molecule has 0 saturated carbocycles. The van der Waals surface area contributed by atoms with Gasteiger partial charge in [-0.2, -0.15) is 0 Å². The highest BCUT2D eigenvalue weighted by Gasteiger charge is 2.13. The molecule has 1 aromatic heterocycles. The van der Waals surface area contributed by atoms with Gasteiger partial charge in [0.2, 0.25) is 0 Å². The highest BCUT2D eigenvalue weighted by molar-refractivity contribution is 7.15. The molecule has 0 fully saturated rings. The van der Waals surface area contributed by atoms with E-state index in [2.05, 4.69) is 50.0 Å². The molecule has 17 heavy (non-hydrogen) atoms. The zero-order chi connectivity index (χ0) is 12.4. The minimum atomic E-state index is 0.394. The quantitative estimate of drug-likeness (QED) is 0.900. The van der Waals surface area contributed by atoms with Crippen molar-refractivity contribution in [2.45, 2.75) is 26.7 Å². The summed E-state index contributed by atoms with van der Waals surface area (Å²) in [6.45, 7) is 7.00. The average molecular weight is 246 g/mol. The fourth-order valence-electron chi connectivity index (χ4n) is 1.87. The lowest BCUT2D eigenvalue weighted by Gasteiger charge is -2.04. The number of nitrogens with two attached hydrogens (primary N) is 1. The number of benzene rings is 1. The first-order valence-electron chi connectivity index (χ1n) is 5.86. The molecular formula is C14H18N2S. The first kappa shape index (κ1) is 12.3. The van der Waals surface area contributed by atoms with Crippen molar-refractivity contribution in [1.82, 2.24) is 4.98 Å². The van der Waals surface area contributed by atoms with Crippen molar-refractivity contribution in [2.24, 2.45) is 5.73 Å². The summed E-state index contributed by atoms with van der Waals surface area (Å²) in [7, 11) is 0. The Balaban J connectivity index is 2.41. The zero-order valence-electron chi connectivity index (χ0n) is 10.5. The number of aryl methyl sites for hydroxylation is 2. The lowest BCUT2D eigenvalue weighted by atomic mass is 10.1. The van der Waals surface area contributed by atoms with Gasteiger partial charge in [-0.3, -0.25) is 0 Å². The maximum absolute atomic E-state index is 5.72. The highest BCUT2D eigenvalue weighted by Crippen LogP contribution is 2.32. The summed E-state index contributed by atoms with van der Waals surface area (Å²) in [5.41, 5.74) is 9.31. The van der Waals surface area contributed by atoms with Crippen LogP contribution in [0.2, 0.25) is 0 Å². The lowest BCUT2D eigenvalue weighted by molar-refractivity contribution is 0.780. The summed E-state index contributed by atoms with van der Waals surface area (Å²) in [5.74, 6) is 0.394. The van der Waals surface area contributed by atoms with Crippen molar-refractivity contribution in [3.8, 4) is 10.6 Å². The standard InChI is InChI=1S/C14H18N2S/c1-9-5-4-6-12(7-9)14-16-11(3)13(17-14)10(2)8-15/h4-7,10H,8,15H2,1-3H3. The Morgan fingerprint density at radius 3 is 2.76 bits per heavy atom. The van der Waals surface area contributed by atoms with Crippen LogP contribution < -0.4 is 5.73 Å². The number of hydrogen-bond acceptors (Lipinski definition) is 3. The summed E-state index contributed by atoms with van der Waals surface area (Å²) >= 11 is 1.76. The Hall–Kier alpha value is -1.19. The molecule has 2 nitrogen and oxygen atoms in total. The van der Waals surface area contributed by atoms with Crippen molar-refractivity contribution < 1.29 is 0 Å². The smallest absolute Gasteiger partial charge is 0.123 e. The number of hydrogen-bond donors (Lipinski definition) is 1. The first-order valence-corrected chi connectivity index (χ1v) is 6.68. The fraction of sp³-hybridized carbons (Fsp3) is 0.357. The van der Waals surface area contributed by atoms with Gasteiger partial charge in [-0.25, -0.2) is 4.98 Å². The lowest BCUT2D eigenvalue weighted by Crippen LogP contribution is -2.08. The van der Waals surface area contributed by atoms with Crippen LogP contribution in [0.1, 0.15) is 29.0 Å². The molecule has 1 heterocycles. The molecule has 3 heteroatoms. The second-order valence-electron chi connectivity index (χ2n) is 4.47. The molecular weight excluding hydrogens is 228 g/mol. The molecule has 0 spiro atoms. The summed E-state index contributed by atoms with van der Waals surface area (Å²) < 4.78 is 0. The minimum absolute atomic E-state index is 0.394. The summed E-state index contributed by atoms with van der Waals surface area (Å²) in [6.07, 6.45) is 0. The maximum Gasteiger partial charge on any atom is 0.123 e. The van der Waals surface area contributed by atoms with Crippen LogP contribution in [0.3, 0.4) is 0 Å². The van der Waals surface area contributed by atoms with Gasteiger partial charge in [0.1, 0.15) is 5.01 Å². The molecule has 1 aromatic carbocycles. The molecule has 0 aliphatic heterocycles. The Bertz CT molecular complexity index is 517. The minimum Gasteiger partial charge on any atom is -0.330 e. The van der Waals surface area contributed by atoms with Gasteiger partial charge in [0.25, 0.3) is 0 Å². The topological polar surface area (TPSA) is 38.9 Å². The predicted octanol–water partition coefficient (Wildman–Crippen LogP) is 3.49. The Kier molecular flexibility index (Phi) is 3.60. The largest absolute Gasteiger partial charge is 0.330 e. The van der Waals surface area contributed by atoms with Crippen molar-refractivity contribution >= 4 is 11.3 Å². The number of aromatic nitrogens is 1. The molecule has 2 aromatic rings. The van der Waals surface area contributed by atoms with Gasteiger partial charge in [-0.05, 0) is 26.5 Å². The summed E-state index contributed by atoms with van der Waals surface area (Å²) in [4.78, 5) is 5.96. The van der Waals surface area contributed by atoms with Crippen LogP contribution in [-0.2, 0) is 0 Å². The Morgan fingerprint density at radius 1 is 1.35 bits per heavy atom. The molecule has 0 amide bonds. The van der Waals surface area contributed by atoms with Gasteiger partial charge in [0, 0.05) is 16.4 Å². The van der Waals surface area contributed by atoms with Crippen LogP contribution in [0.4, 0.5) is 0 Å². The fourth-order valence-corrected chi connectivity index (χ4v) is 3.00. The number of thiazole rings is 1. The molecule has 1 atom stereocenters. The SMILES string of the molecule is Cc1cccc(-c2nc(C)c(C(C)CN)s2)c1. The third-order valence-corrected chi connectivity index (χ3v) is 4.34. The third kappa shape index (κ3) is 2.56. The first-order chi connectivity index (χ1) is 8.11. The molecule has 90 valence electrons. The van der Waals surface area contributed by atoms with E-state index in [-0.39, 0.29) is 0 Å².